The molecule has 0 saturated heterocycles. The van der Waals surface area contributed by atoms with E-state index in [0.717, 1.165) is 12.8 Å². The van der Waals surface area contributed by atoms with E-state index in [4.69, 9.17) is 0 Å². The van der Waals surface area contributed by atoms with Gasteiger partial charge in [0.15, 0.2) is 0 Å². The molecule has 1 aliphatic carbocycles. The Hall–Kier alpha value is -1.63. The van der Waals surface area contributed by atoms with E-state index >= 15 is 0 Å². The smallest absolute Gasteiger partial charge is 0.333 e. The Bertz CT molecular complexity index is 451. The van der Waals surface area contributed by atoms with Crippen molar-refractivity contribution in [3.63, 3.8) is 0 Å². The van der Waals surface area contributed by atoms with E-state index in [1.54, 1.807) is 11.6 Å². The van der Waals surface area contributed by atoms with Gasteiger partial charge in [-0.3, -0.25) is 10.1 Å². The van der Waals surface area contributed by atoms with Gasteiger partial charge in [0.1, 0.15) is 5.69 Å². The highest BCUT2D eigenvalue weighted by Crippen LogP contribution is 2.41. The predicted molar refractivity (Wildman–Crippen MR) is 62.0 cm³/mol. The Kier molecular flexibility index (Phi) is 2.78. The lowest BCUT2D eigenvalue weighted by Crippen LogP contribution is -2.27. The Morgan fingerprint density at radius 3 is 2.71 bits per heavy atom. The molecule has 1 aliphatic rings. The van der Waals surface area contributed by atoms with Gasteiger partial charge in [-0.05, 0) is 26.7 Å². The fraction of sp³-hybridized carbons (Fsp3) is 0.700. The van der Waals surface area contributed by atoms with Crippen molar-refractivity contribution in [3.8, 4) is 0 Å². The molecule has 0 unspecified atom stereocenters. The lowest BCUT2D eigenvalue weighted by Gasteiger charge is -2.15. The first-order valence-electron chi connectivity index (χ1n) is 5.64. The maximum atomic E-state index is 11.0. The topological polar surface area (TPSA) is 93.2 Å². The standard InChI is InChI=1S/C10H16N4O3/c1-3-13-9(11-10(6-15)4-5-10)8(14(16)17)7(2)12-13/h11,15H,3-6H2,1-2H3. The molecule has 1 heterocycles. The van der Waals surface area contributed by atoms with Crippen LogP contribution in [0.15, 0.2) is 0 Å². The summed E-state index contributed by atoms with van der Waals surface area (Å²) in [6.07, 6.45) is 1.66. The minimum atomic E-state index is -0.426. The van der Waals surface area contributed by atoms with Crippen molar-refractivity contribution in [1.82, 2.24) is 9.78 Å². The molecule has 0 spiro atoms. The number of hydrogen-bond donors (Lipinski definition) is 2. The Morgan fingerprint density at radius 2 is 2.29 bits per heavy atom. The van der Waals surface area contributed by atoms with Gasteiger partial charge in [-0.1, -0.05) is 0 Å². The Balaban J connectivity index is 2.39. The van der Waals surface area contributed by atoms with Gasteiger partial charge in [0.05, 0.1) is 17.1 Å². The first-order valence-corrected chi connectivity index (χ1v) is 5.64. The van der Waals surface area contributed by atoms with E-state index in [0.29, 0.717) is 18.1 Å². The van der Waals surface area contributed by atoms with Crippen LogP contribution in [0.2, 0.25) is 0 Å². The summed E-state index contributed by atoms with van der Waals surface area (Å²) in [5.74, 6) is 0.404. The van der Waals surface area contributed by atoms with Gasteiger partial charge in [-0.15, -0.1) is 0 Å². The third-order valence-corrected chi connectivity index (χ3v) is 3.12. The number of hydrogen-bond acceptors (Lipinski definition) is 5. The molecule has 1 saturated carbocycles. The molecule has 1 fully saturated rings. The van der Waals surface area contributed by atoms with E-state index < -0.39 is 4.92 Å². The molecule has 7 nitrogen and oxygen atoms in total. The molecular weight excluding hydrogens is 224 g/mol. The van der Waals surface area contributed by atoms with Crippen molar-refractivity contribution in [2.45, 2.75) is 38.8 Å². The molecule has 0 atom stereocenters. The zero-order chi connectivity index (χ0) is 12.6. The molecule has 0 aromatic carbocycles. The van der Waals surface area contributed by atoms with Crippen molar-refractivity contribution in [1.29, 1.82) is 0 Å². The first kappa shape index (κ1) is 11.8. The molecule has 17 heavy (non-hydrogen) atoms. The SMILES string of the molecule is CCn1nc(C)c([N+](=O)[O-])c1NC1(CO)CC1. The van der Waals surface area contributed by atoms with Crippen LogP contribution in [0.25, 0.3) is 0 Å². The van der Waals surface area contributed by atoms with Gasteiger partial charge in [0, 0.05) is 6.54 Å². The van der Waals surface area contributed by atoms with Crippen molar-refractivity contribution in [3.05, 3.63) is 15.8 Å². The minimum absolute atomic E-state index is 0.00609. The van der Waals surface area contributed by atoms with Crippen LogP contribution in [0.4, 0.5) is 11.5 Å². The van der Waals surface area contributed by atoms with Crippen LogP contribution in [0, 0.1) is 17.0 Å². The fourth-order valence-electron chi connectivity index (χ4n) is 1.87. The lowest BCUT2D eigenvalue weighted by molar-refractivity contribution is -0.384. The highest BCUT2D eigenvalue weighted by molar-refractivity contribution is 5.61. The monoisotopic (exact) mass is 240 g/mol. The second kappa shape index (κ2) is 3.99. The fourth-order valence-corrected chi connectivity index (χ4v) is 1.87. The number of nitrogens with zero attached hydrogens (tertiary/aromatic N) is 3. The maximum absolute atomic E-state index is 11.0. The second-order valence-electron chi connectivity index (χ2n) is 4.42. The third kappa shape index (κ3) is 1.97. The number of nitro groups is 1. The number of rotatable bonds is 5. The zero-order valence-electron chi connectivity index (χ0n) is 9.93. The van der Waals surface area contributed by atoms with Crippen LogP contribution in [-0.4, -0.2) is 32.0 Å². The molecule has 2 N–H and O–H groups in total. The number of anilines is 1. The molecule has 1 aromatic heterocycles. The minimum Gasteiger partial charge on any atom is -0.394 e. The van der Waals surface area contributed by atoms with Crippen LogP contribution >= 0.6 is 0 Å². The van der Waals surface area contributed by atoms with Gasteiger partial charge >= 0.3 is 5.69 Å². The highest BCUT2D eigenvalue weighted by atomic mass is 16.6. The summed E-state index contributed by atoms with van der Waals surface area (Å²) in [7, 11) is 0. The summed E-state index contributed by atoms with van der Waals surface area (Å²) in [4.78, 5) is 10.6. The van der Waals surface area contributed by atoms with E-state index in [1.807, 2.05) is 6.92 Å². The first-order chi connectivity index (χ1) is 8.03. The van der Waals surface area contributed by atoms with Gasteiger partial charge in [0.2, 0.25) is 5.82 Å². The zero-order valence-corrected chi connectivity index (χ0v) is 9.93. The predicted octanol–water partition coefficient (Wildman–Crippen LogP) is 1.06. The van der Waals surface area contributed by atoms with Crippen molar-refractivity contribution in [2.75, 3.05) is 11.9 Å². The number of aliphatic hydroxyl groups is 1. The largest absolute Gasteiger partial charge is 0.394 e. The summed E-state index contributed by atoms with van der Waals surface area (Å²) in [6, 6.07) is 0. The van der Waals surface area contributed by atoms with Crippen molar-refractivity contribution < 1.29 is 10.0 Å². The van der Waals surface area contributed by atoms with Crippen LogP contribution in [0.3, 0.4) is 0 Å². The average Bonchev–Trinajstić information content (AvgIpc) is 2.98. The normalized spacial score (nSPS) is 16.9. The molecule has 2 rings (SSSR count). The summed E-state index contributed by atoms with van der Waals surface area (Å²) < 4.78 is 1.57. The molecule has 1 aromatic rings. The summed E-state index contributed by atoms with van der Waals surface area (Å²) >= 11 is 0. The van der Waals surface area contributed by atoms with Crippen LogP contribution in [0.5, 0.6) is 0 Å². The van der Waals surface area contributed by atoms with Gasteiger partial charge in [-0.25, -0.2) is 4.68 Å². The second-order valence-corrected chi connectivity index (χ2v) is 4.42. The average molecular weight is 240 g/mol. The molecule has 0 aliphatic heterocycles. The lowest BCUT2D eigenvalue weighted by atomic mass is 10.3. The van der Waals surface area contributed by atoms with Crippen LogP contribution in [-0.2, 0) is 6.54 Å². The molecule has 0 bridgehead atoms. The Morgan fingerprint density at radius 1 is 1.65 bits per heavy atom. The van der Waals surface area contributed by atoms with E-state index in [1.165, 1.54) is 0 Å². The molecule has 0 radical (unpaired) electrons. The summed E-state index contributed by atoms with van der Waals surface area (Å²) in [5.41, 5.74) is 0.0177. The van der Waals surface area contributed by atoms with Crippen LogP contribution in [0.1, 0.15) is 25.5 Å². The quantitative estimate of drug-likeness (QED) is 0.593. The van der Waals surface area contributed by atoms with E-state index in [9.17, 15) is 15.2 Å². The summed E-state index contributed by atoms with van der Waals surface area (Å²) in [5, 5.41) is 27.5. The molecule has 7 heteroatoms. The van der Waals surface area contributed by atoms with E-state index in [-0.39, 0.29) is 17.8 Å². The summed E-state index contributed by atoms with van der Waals surface area (Å²) in [6.45, 7) is 4.03. The maximum Gasteiger partial charge on any atom is 0.333 e. The number of aliphatic hydroxyl groups excluding tert-OH is 1. The molecule has 94 valence electrons. The molecule has 0 amide bonds. The number of aryl methyl sites for hydroxylation is 2. The number of aromatic nitrogens is 2. The third-order valence-electron chi connectivity index (χ3n) is 3.12. The van der Waals surface area contributed by atoms with Gasteiger partial charge in [0.25, 0.3) is 0 Å². The van der Waals surface area contributed by atoms with Gasteiger partial charge in [-0.2, -0.15) is 5.10 Å². The van der Waals surface area contributed by atoms with Crippen molar-refractivity contribution in [2.24, 2.45) is 0 Å². The van der Waals surface area contributed by atoms with E-state index in [2.05, 4.69) is 10.4 Å². The highest BCUT2D eigenvalue weighted by Gasteiger charge is 2.44. The van der Waals surface area contributed by atoms with Crippen molar-refractivity contribution >= 4 is 11.5 Å². The Labute approximate surface area is 98.6 Å². The number of nitrogens with one attached hydrogen (secondary N) is 1. The molecular formula is C10H16N4O3. The van der Waals surface area contributed by atoms with Gasteiger partial charge < -0.3 is 10.4 Å². The van der Waals surface area contributed by atoms with Crippen LogP contribution < -0.4 is 5.32 Å².